The Bertz CT molecular complexity index is 523. The van der Waals surface area contributed by atoms with Gasteiger partial charge in [0.25, 0.3) is 0 Å². The van der Waals surface area contributed by atoms with Crippen molar-refractivity contribution >= 4 is 0 Å². The number of nitrogens with one attached hydrogen (secondary N) is 1. The van der Waals surface area contributed by atoms with Gasteiger partial charge in [-0.25, -0.2) is 0 Å². The van der Waals surface area contributed by atoms with E-state index < -0.39 is 0 Å². The van der Waals surface area contributed by atoms with E-state index in [1.54, 1.807) is 0 Å². The maximum absolute atomic E-state index is 5.81. The van der Waals surface area contributed by atoms with Crippen LogP contribution in [0.5, 0.6) is 11.5 Å². The fourth-order valence-corrected chi connectivity index (χ4v) is 1.96. The monoisotopic (exact) mass is 271 g/mol. The average molecular weight is 271 g/mol. The van der Waals surface area contributed by atoms with Gasteiger partial charge in [0.1, 0.15) is 18.1 Å². The minimum Gasteiger partial charge on any atom is -0.494 e. The first kappa shape index (κ1) is 14.4. The van der Waals surface area contributed by atoms with Gasteiger partial charge in [-0.05, 0) is 49.4 Å². The van der Waals surface area contributed by atoms with Crippen molar-refractivity contribution in [2.75, 3.05) is 13.7 Å². The minimum absolute atomic E-state index is 0.565. The summed E-state index contributed by atoms with van der Waals surface area (Å²) in [5, 5.41) is 3.13. The molecule has 0 aliphatic rings. The molecule has 3 nitrogen and oxygen atoms in total. The minimum atomic E-state index is 0.565. The van der Waals surface area contributed by atoms with Crippen LogP contribution in [0.15, 0.2) is 48.5 Å². The van der Waals surface area contributed by atoms with Gasteiger partial charge in [0, 0.05) is 6.54 Å². The maximum Gasteiger partial charge on any atom is 0.120 e. The van der Waals surface area contributed by atoms with E-state index in [2.05, 4.69) is 17.4 Å². The molecule has 0 heterocycles. The van der Waals surface area contributed by atoms with Gasteiger partial charge in [0.05, 0.1) is 6.61 Å². The summed E-state index contributed by atoms with van der Waals surface area (Å²) >= 11 is 0. The molecular formula is C17H21NO2. The Morgan fingerprint density at radius 1 is 0.900 bits per heavy atom. The second kappa shape index (κ2) is 7.56. The second-order valence-corrected chi connectivity index (χ2v) is 4.54. The molecule has 0 saturated carbocycles. The van der Waals surface area contributed by atoms with Gasteiger partial charge in [0.15, 0.2) is 0 Å². The first-order valence-electron chi connectivity index (χ1n) is 6.90. The SMILES string of the molecule is CCOc1ccc(COc2cccc(CNC)c2)cc1. The molecule has 3 heteroatoms. The third kappa shape index (κ3) is 4.28. The van der Waals surface area contributed by atoms with Crippen molar-refractivity contribution in [1.29, 1.82) is 0 Å². The zero-order valence-electron chi connectivity index (χ0n) is 12.1. The van der Waals surface area contributed by atoms with Crippen LogP contribution in [-0.4, -0.2) is 13.7 Å². The van der Waals surface area contributed by atoms with Crippen molar-refractivity contribution in [3.8, 4) is 11.5 Å². The highest BCUT2D eigenvalue weighted by atomic mass is 16.5. The number of benzene rings is 2. The molecule has 0 aromatic heterocycles. The van der Waals surface area contributed by atoms with Crippen LogP contribution in [0.1, 0.15) is 18.1 Å². The molecule has 2 aromatic rings. The molecule has 0 fully saturated rings. The van der Waals surface area contributed by atoms with Gasteiger partial charge >= 0.3 is 0 Å². The van der Waals surface area contributed by atoms with Gasteiger partial charge in [-0.15, -0.1) is 0 Å². The predicted octanol–water partition coefficient (Wildman–Crippen LogP) is 3.38. The van der Waals surface area contributed by atoms with E-state index in [9.17, 15) is 0 Å². The summed E-state index contributed by atoms with van der Waals surface area (Å²) in [7, 11) is 1.94. The molecule has 0 bridgehead atoms. The van der Waals surface area contributed by atoms with E-state index in [0.717, 1.165) is 23.6 Å². The molecule has 0 aliphatic carbocycles. The van der Waals surface area contributed by atoms with Crippen molar-refractivity contribution in [3.63, 3.8) is 0 Å². The highest BCUT2D eigenvalue weighted by molar-refractivity contribution is 5.30. The fraction of sp³-hybridized carbons (Fsp3) is 0.294. The maximum atomic E-state index is 5.81. The Kier molecular flexibility index (Phi) is 5.44. The lowest BCUT2D eigenvalue weighted by atomic mass is 10.2. The average Bonchev–Trinajstić information content (AvgIpc) is 2.48. The predicted molar refractivity (Wildman–Crippen MR) is 81.1 cm³/mol. The van der Waals surface area contributed by atoms with Crippen LogP contribution in [0.25, 0.3) is 0 Å². The summed E-state index contributed by atoms with van der Waals surface area (Å²) in [6.45, 7) is 4.08. The van der Waals surface area contributed by atoms with E-state index in [4.69, 9.17) is 9.47 Å². The lowest BCUT2D eigenvalue weighted by molar-refractivity contribution is 0.305. The second-order valence-electron chi connectivity index (χ2n) is 4.54. The molecule has 106 valence electrons. The van der Waals surface area contributed by atoms with Crippen LogP contribution >= 0.6 is 0 Å². The van der Waals surface area contributed by atoms with E-state index in [0.29, 0.717) is 13.2 Å². The van der Waals surface area contributed by atoms with Gasteiger partial charge in [-0.1, -0.05) is 24.3 Å². The summed E-state index contributed by atoms with van der Waals surface area (Å²) in [6.07, 6.45) is 0. The zero-order valence-corrected chi connectivity index (χ0v) is 12.1. The van der Waals surface area contributed by atoms with Crippen molar-refractivity contribution in [2.24, 2.45) is 0 Å². The van der Waals surface area contributed by atoms with E-state index in [-0.39, 0.29) is 0 Å². The molecule has 0 saturated heterocycles. The van der Waals surface area contributed by atoms with Crippen LogP contribution in [0.4, 0.5) is 0 Å². The Balaban J connectivity index is 1.92. The molecule has 20 heavy (non-hydrogen) atoms. The topological polar surface area (TPSA) is 30.5 Å². The molecule has 0 amide bonds. The molecule has 0 spiro atoms. The summed E-state index contributed by atoms with van der Waals surface area (Å²) in [6, 6.07) is 16.1. The molecule has 2 aromatic carbocycles. The van der Waals surface area contributed by atoms with Gasteiger partial charge in [-0.3, -0.25) is 0 Å². The molecule has 0 aliphatic heterocycles. The van der Waals surface area contributed by atoms with Crippen LogP contribution in [0.3, 0.4) is 0 Å². The van der Waals surface area contributed by atoms with Crippen molar-refractivity contribution < 1.29 is 9.47 Å². The first-order valence-corrected chi connectivity index (χ1v) is 6.90. The Labute approximate surface area is 120 Å². The fourth-order valence-electron chi connectivity index (χ4n) is 1.96. The Morgan fingerprint density at radius 2 is 1.70 bits per heavy atom. The summed E-state index contributed by atoms with van der Waals surface area (Å²) in [4.78, 5) is 0. The highest BCUT2D eigenvalue weighted by Gasteiger charge is 1.99. The summed E-state index contributed by atoms with van der Waals surface area (Å²) in [5.41, 5.74) is 2.35. The third-order valence-electron chi connectivity index (χ3n) is 2.92. The van der Waals surface area contributed by atoms with Crippen LogP contribution in [0.2, 0.25) is 0 Å². The standard InChI is InChI=1S/C17H21NO2/c1-3-19-16-9-7-14(8-10-16)13-20-17-6-4-5-15(11-17)12-18-2/h4-11,18H,3,12-13H2,1-2H3. The van der Waals surface area contributed by atoms with Gasteiger partial charge in [0.2, 0.25) is 0 Å². The molecule has 0 unspecified atom stereocenters. The number of hydrogen-bond donors (Lipinski definition) is 1. The van der Waals surface area contributed by atoms with Crippen molar-refractivity contribution in [3.05, 3.63) is 59.7 Å². The van der Waals surface area contributed by atoms with Crippen LogP contribution in [-0.2, 0) is 13.2 Å². The number of hydrogen-bond acceptors (Lipinski definition) is 3. The number of rotatable bonds is 7. The van der Waals surface area contributed by atoms with Crippen LogP contribution < -0.4 is 14.8 Å². The Hall–Kier alpha value is -2.00. The molecular weight excluding hydrogens is 250 g/mol. The molecule has 0 radical (unpaired) electrons. The molecule has 2 rings (SSSR count). The van der Waals surface area contributed by atoms with Gasteiger partial charge in [-0.2, -0.15) is 0 Å². The molecule has 1 N–H and O–H groups in total. The van der Waals surface area contributed by atoms with E-state index in [1.807, 2.05) is 50.4 Å². The van der Waals surface area contributed by atoms with E-state index >= 15 is 0 Å². The lowest BCUT2D eigenvalue weighted by Crippen LogP contribution is -2.05. The molecule has 0 atom stereocenters. The van der Waals surface area contributed by atoms with Crippen LogP contribution in [0, 0.1) is 0 Å². The largest absolute Gasteiger partial charge is 0.494 e. The first-order chi connectivity index (χ1) is 9.81. The Morgan fingerprint density at radius 3 is 2.40 bits per heavy atom. The van der Waals surface area contributed by atoms with Gasteiger partial charge < -0.3 is 14.8 Å². The number of ether oxygens (including phenoxy) is 2. The normalized spacial score (nSPS) is 10.3. The van der Waals surface area contributed by atoms with Crippen molar-refractivity contribution in [2.45, 2.75) is 20.1 Å². The van der Waals surface area contributed by atoms with Crippen molar-refractivity contribution in [1.82, 2.24) is 5.32 Å². The smallest absolute Gasteiger partial charge is 0.120 e. The summed E-state index contributed by atoms with van der Waals surface area (Å²) < 4.78 is 11.2. The van der Waals surface area contributed by atoms with E-state index in [1.165, 1.54) is 5.56 Å². The quantitative estimate of drug-likeness (QED) is 0.837. The summed E-state index contributed by atoms with van der Waals surface area (Å²) in [5.74, 6) is 1.79. The zero-order chi connectivity index (χ0) is 14.2. The lowest BCUT2D eigenvalue weighted by Gasteiger charge is -2.09. The third-order valence-corrected chi connectivity index (χ3v) is 2.92. The highest BCUT2D eigenvalue weighted by Crippen LogP contribution is 2.17.